The number of pyridine rings is 2. The lowest BCUT2D eigenvalue weighted by molar-refractivity contribution is 0.0594. The molecule has 1 amide bonds. The van der Waals surface area contributed by atoms with Gasteiger partial charge in [0.25, 0.3) is 5.91 Å². The number of methoxy groups -OCH3 is 1. The summed E-state index contributed by atoms with van der Waals surface area (Å²) in [6.07, 6.45) is 6.88. The van der Waals surface area contributed by atoms with Gasteiger partial charge < -0.3 is 14.6 Å². The molecule has 0 saturated heterocycles. The van der Waals surface area contributed by atoms with Crippen molar-refractivity contribution in [2.24, 2.45) is 0 Å². The zero-order chi connectivity index (χ0) is 23.7. The molecule has 1 aliphatic carbocycles. The molecule has 0 aliphatic heterocycles. The van der Waals surface area contributed by atoms with Gasteiger partial charge in [0, 0.05) is 18.3 Å². The Kier molecular flexibility index (Phi) is 6.42. The van der Waals surface area contributed by atoms with Gasteiger partial charge in [0.05, 0.1) is 27.5 Å². The summed E-state index contributed by atoms with van der Waals surface area (Å²) in [6, 6.07) is 11.2. The van der Waals surface area contributed by atoms with Crippen molar-refractivity contribution in [2.75, 3.05) is 7.11 Å². The van der Waals surface area contributed by atoms with Crippen molar-refractivity contribution in [3.05, 3.63) is 63.1 Å². The SMILES string of the molecule is COC(=O)c1cc2c(cn1)nc(-c1ccccn1)n2C1CCCC(NC(=O)c2ccc(Br)s2)C1. The topological polar surface area (TPSA) is 99.0 Å². The molecule has 1 saturated carbocycles. The normalized spacial score (nSPS) is 18.1. The molecule has 2 atom stereocenters. The van der Waals surface area contributed by atoms with Crippen molar-refractivity contribution in [3.8, 4) is 11.5 Å². The second kappa shape index (κ2) is 9.63. The highest BCUT2D eigenvalue weighted by molar-refractivity contribution is 9.11. The van der Waals surface area contributed by atoms with Crippen LogP contribution >= 0.6 is 27.3 Å². The van der Waals surface area contributed by atoms with Gasteiger partial charge in [-0.25, -0.2) is 14.8 Å². The summed E-state index contributed by atoms with van der Waals surface area (Å²) in [5, 5.41) is 3.20. The van der Waals surface area contributed by atoms with E-state index in [2.05, 4.69) is 35.8 Å². The number of nitrogens with zero attached hydrogens (tertiary/aromatic N) is 4. The molecule has 0 radical (unpaired) electrons. The first kappa shape index (κ1) is 22.7. The minimum atomic E-state index is -0.495. The predicted octanol–water partition coefficient (Wildman–Crippen LogP) is 5.02. The molecule has 0 spiro atoms. The third-order valence-electron chi connectivity index (χ3n) is 6.01. The smallest absolute Gasteiger partial charge is 0.356 e. The van der Waals surface area contributed by atoms with Crippen LogP contribution in [0.3, 0.4) is 0 Å². The quantitative estimate of drug-likeness (QED) is 0.357. The number of hydrogen-bond donors (Lipinski definition) is 1. The number of nitrogens with one attached hydrogen (secondary N) is 1. The fourth-order valence-corrected chi connectivity index (χ4v) is 5.77. The van der Waals surface area contributed by atoms with Gasteiger partial charge >= 0.3 is 5.97 Å². The maximum atomic E-state index is 12.8. The van der Waals surface area contributed by atoms with E-state index in [1.807, 2.05) is 30.3 Å². The Bertz CT molecular complexity index is 1350. The summed E-state index contributed by atoms with van der Waals surface area (Å²) < 4.78 is 7.95. The number of carbonyl (C=O) groups is 2. The number of thiophene rings is 1. The number of ether oxygens (including phenoxy) is 1. The molecule has 2 unspecified atom stereocenters. The summed E-state index contributed by atoms with van der Waals surface area (Å²) in [4.78, 5) is 39.2. The summed E-state index contributed by atoms with van der Waals surface area (Å²) in [7, 11) is 1.34. The molecule has 8 nitrogen and oxygen atoms in total. The number of aromatic nitrogens is 4. The van der Waals surface area contributed by atoms with E-state index >= 15 is 0 Å². The molecule has 34 heavy (non-hydrogen) atoms. The van der Waals surface area contributed by atoms with Gasteiger partial charge in [-0.05, 0) is 71.9 Å². The highest BCUT2D eigenvalue weighted by Gasteiger charge is 2.29. The van der Waals surface area contributed by atoms with E-state index < -0.39 is 5.97 Å². The fraction of sp³-hybridized carbons (Fsp3) is 0.292. The van der Waals surface area contributed by atoms with E-state index in [9.17, 15) is 9.59 Å². The van der Waals surface area contributed by atoms with Gasteiger partial charge in [0.2, 0.25) is 0 Å². The summed E-state index contributed by atoms with van der Waals surface area (Å²) >= 11 is 4.84. The molecule has 4 aromatic heterocycles. The Morgan fingerprint density at radius 3 is 2.82 bits per heavy atom. The van der Waals surface area contributed by atoms with Crippen molar-refractivity contribution in [3.63, 3.8) is 0 Å². The van der Waals surface area contributed by atoms with Crippen molar-refractivity contribution < 1.29 is 14.3 Å². The standard InChI is InChI=1S/C24H22BrN5O3S/c1-33-24(32)17-12-19-18(13-27-17)29-22(16-7-2-3-10-26-16)30(19)15-6-4-5-14(11-15)28-23(31)20-8-9-21(25)34-20/h2-3,7-10,12-15H,4-6,11H2,1H3,(H,28,31). The van der Waals surface area contributed by atoms with E-state index in [-0.39, 0.29) is 23.7 Å². The molecule has 4 heterocycles. The molecular weight excluding hydrogens is 518 g/mol. The number of fused-ring (bicyclic) bond motifs is 1. The van der Waals surface area contributed by atoms with Crippen LogP contribution in [0.25, 0.3) is 22.6 Å². The van der Waals surface area contributed by atoms with Crippen LogP contribution in [-0.2, 0) is 4.74 Å². The number of imidazole rings is 1. The van der Waals surface area contributed by atoms with E-state index in [1.165, 1.54) is 18.4 Å². The molecule has 1 aliphatic rings. The first-order valence-electron chi connectivity index (χ1n) is 11.0. The van der Waals surface area contributed by atoms with E-state index in [4.69, 9.17) is 9.72 Å². The van der Waals surface area contributed by atoms with Crippen LogP contribution in [0.15, 0.2) is 52.6 Å². The molecule has 5 rings (SSSR count). The van der Waals surface area contributed by atoms with Crippen molar-refractivity contribution in [2.45, 2.75) is 37.8 Å². The first-order chi connectivity index (χ1) is 16.5. The number of amides is 1. The van der Waals surface area contributed by atoms with Gasteiger partial charge in [0.1, 0.15) is 11.2 Å². The lowest BCUT2D eigenvalue weighted by Crippen LogP contribution is -2.38. The monoisotopic (exact) mass is 539 g/mol. The van der Waals surface area contributed by atoms with Crippen LogP contribution in [0.2, 0.25) is 0 Å². The minimum absolute atomic E-state index is 0.0306. The van der Waals surface area contributed by atoms with E-state index in [0.29, 0.717) is 10.4 Å². The molecule has 10 heteroatoms. The van der Waals surface area contributed by atoms with Gasteiger partial charge in [-0.15, -0.1) is 11.3 Å². The average molecular weight is 540 g/mol. The Labute approximate surface area is 208 Å². The maximum absolute atomic E-state index is 12.8. The van der Waals surface area contributed by atoms with Crippen LogP contribution in [0.4, 0.5) is 0 Å². The van der Waals surface area contributed by atoms with Crippen molar-refractivity contribution in [1.82, 2.24) is 24.8 Å². The molecule has 0 bridgehead atoms. The maximum Gasteiger partial charge on any atom is 0.356 e. The van der Waals surface area contributed by atoms with Gasteiger partial charge in [-0.3, -0.25) is 9.78 Å². The van der Waals surface area contributed by atoms with Crippen LogP contribution in [0.1, 0.15) is 51.9 Å². The summed E-state index contributed by atoms with van der Waals surface area (Å²) in [5.41, 5.74) is 2.46. The zero-order valence-electron chi connectivity index (χ0n) is 18.4. The van der Waals surface area contributed by atoms with Gasteiger partial charge in [-0.1, -0.05) is 6.07 Å². The number of carbonyl (C=O) groups excluding carboxylic acids is 2. The summed E-state index contributed by atoms with van der Waals surface area (Å²) in [5.74, 6) is 0.169. The lowest BCUT2D eigenvalue weighted by atomic mass is 9.90. The largest absolute Gasteiger partial charge is 0.464 e. The second-order valence-corrected chi connectivity index (χ2v) is 10.6. The molecule has 1 N–H and O–H groups in total. The zero-order valence-corrected chi connectivity index (χ0v) is 20.8. The van der Waals surface area contributed by atoms with Crippen LogP contribution < -0.4 is 5.32 Å². The average Bonchev–Trinajstić information content (AvgIpc) is 3.47. The van der Waals surface area contributed by atoms with E-state index in [1.54, 1.807) is 18.5 Å². The number of halogens is 1. The number of esters is 1. The fourth-order valence-electron chi connectivity index (χ4n) is 4.48. The molecule has 1 fully saturated rings. The molecule has 0 aromatic carbocycles. The lowest BCUT2D eigenvalue weighted by Gasteiger charge is -2.31. The Balaban J connectivity index is 1.51. The highest BCUT2D eigenvalue weighted by Crippen LogP contribution is 2.36. The second-order valence-electron chi connectivity index (χ2n) is 8.16. The Morgan fingerprint density at radius 1 is 1.21 bits per heavy atom. The molecular formula is C24H22BrN5O3S. The van der Waals surface area contributed by atoms with Crippen molar-refractivity contribution >= 4 is 50.2 Å². The summed E-state index contributed by atoms with van der Waals surface area (Å²) in [6.45, 7) is 0. The molecule has 174 valence electrons. The van der Waals surface area contributed by atoms with Gasteiger partial charge in [-0.2, -0.15) is 0 Å². The molecule has 4 aromatic rings. The van der Waals surface area contributed by atoms with Crippen LogP contribution in [0, 0.1) is 0 Å². The van der Waals surface area contributed by atoms with E-state index in [0.717, 1.165) is 46.5 Å². The highest BCUT2D eigenvalue weighted by atomic mass is 79.9. The van der Waals surface area contributed by atoms with Crippen LogP contribution in [0.5, 0.6) is 0 Å². The predicted molar refractivity (Wildman–Crippen MR) is 133 cm³/mol. The minimum Gasteiger partial charge on any atom is -0.464 e. The van der Waals surface area contributed by atoms with Gasteiger partial charge in [0.15, 0.2) is 11.5 Å². The third kappa shape index (κ3) is 4.47. The number of rotatable bonds is 5. The Morgan fingerprint density at radius 2 is 2.09 bits per heavy atom. The third-order valence-corrected chi connectivity index (χ3v) is 7.63. The Hall–Kier alpha value is -3.11. The first-order valence-corrected chi connectivity index (χ1v) is 12.6. The van der Waals surface area contributed by atoms with Crippen LogP contribution in [-0.4, -0.2) is 44.5 Å². The number of hydrogen-bond acceptors (Lipinski definition) is 7. The van der Waals surface area contributed by atoms with Crippen molar-refractivity contribution in [1.29, 1.82) is 0 Å².